The van der Waals surface area contributed by atoms with E-state index in [0.29, 0.717) is 6.54 Å². The van der Waals surface area contributed by atoms with Gasteiger partial charge in [0.05, 0.1) is 24.9 Å². The van der Waals surface area contributed by atoms with E-state index in [1.165, 1.54) is 0 Å². The Kier molecular flexibility index (Phi) is 4.94. The van der Waals surface area contributed by atoms with E-state index in [1.807, 2.05) is 0 Å². The zero-order chi connectivity index (χ0) is 13.0. The van der Waals surface area contributed by atoms with E-state index in [2.05, 4.69) is 22.6 Å². The van der Waals surface area contributed by atoms with Crippen molar-refractivity contribution < 1.29 is 14.3 Å². The van der Waals surface area contributed by atoms with E-state index in [-0.39, 0.29) is 24.2 Å². The molecule has 2 fully saturated rings. The zero-order valence-corrected chi connectivity index (χ0v) is 11.1. The number of carbonyl (C=O) groups excluding carboxylic acids is 1. The Labute approximate surface area is 108 Å². The van der Waals surface area contributed by atoms with Crippen molar-refractivity contribution in [2.24, 2.45) is 0 Å². The fourth-order valence-corrected chi connectivity index (χ4v) is 2.41. The van der Waals surface area contributed by atoms with Crippen LogP contribution in [-0.4, -0.2) is 76.0 Å². The van der Waals surface area contributed by atoms with Gasteiger partial charge in [0.2, 0.25) is 5.91 Å². The van der Waals surface area contributed by atoms with Gasteiger partial charge in [0, 0.05) is 33.3 Å². The van der Waals surface area contributed by atoms with Gasteiger partial charge < -0.3 is 25.0 Å². The summed E-state index contributed by atoms with van der Waals surface area (Å²) >= 11 is 0. The number of amides is 1. The molecule has 2 rings (SSSR count). The lowest BCUT2D eigenvalue weighted by atomic mass is 10.2. The average Bonchev–Trinajstić information content (AvgIpc) is 2.85. The molecule has 2 saturated heterocycles. The Balaban J connectivity index is 1.68. The molecule has 0 aliphatic carbocycles. The molecule has 0 aromatic rings. The van der Waals surface area contributed by atoms with E-state index in [4.69, 9.17) is 9.47 Å². The third-order valence-corrected chi connectivity index (χ3v) is 3.59. The Hall–Kier alpha value is -0.690. The molecule has 3 unspecified atom stereocenters. The van der Waals surface area contributed by atoms with Crippen LogP contribution in [0.2, 0.25) is 0 Å². The monoisotopic (exact) mass is 257 g/mol. The number of rotatable bonds is 4. The molecule has 104 valence electrons. The third kappa shape index (κ3) is 3.65. The SMILES string of the molecule is COC1CNC(C(=O)NCC2CN(C)CCO2)C1. The number of hydrogen-bond donors (Lipinski definition) is 2. The quantitative estimate of drug-likeness (QED) is 0.663. The second-order valence-electron chi connectivity index (χ2n) is 5.05. The van der Waals surface area contributed by atoms with Gasteiger partial charge in [0.15, 0.2) is 0 Å². The molecule has 6 nitrogen and oxygen atoms in total. The zero-order valence-electron chi connectivity index (χ0n) is 11.1. The normalized spacial score (nSPS) is 33.6. The fraction of sp³-hybridized carbons (Fsp3) is 0.917. The first-order chi connectivity index (χ1) is 8.69. The van der Waals surface area contributed by atoms with Crippen LogP contribution in [0.15, 0.2) is 0 Å². The van der Waals surface area contributed by atoms with Crippen LogP contribution >= 0.6 is 0 Å². The maximum absolute atomic E-state index is 11.9. The highest BCUT2D eigenvalue weighted by molar-refractivity contribution is 5.82. The highest BCUT2D eigenvalue weighted by Gasteiger charge is 2.29. The summed E-state index contributed by atoms with van der Waals surface area (Å²) in [5, 5.41) is 6.12. The molecule has 0 radical (unpaired) electrons. The fourth-order valence-electron chi connectivity index (χ4n) is 2.41. The van der Waals surface area contributed by atoms with Gasteiger partial charge in [0.1, 0.15) is 0 Å². The molecular formula is C12H23N3O3. The van der Waals surface area contributed by atoms with Crippen molar-refractivity contribution in [2.75, 3.05) is 46.9 Å². The summed E-state index contributed by atoms with van der Waals surface area (Å²) in [6, 6.07) is -0.128. The van der Waals surface area contributed by atoms with Crippen molar-refractivity contribution in [1.82, 2.24) is 15.5 Å². The average molecular weight is 257 g/mol. The lowest BCUT2D eigenvalue weighted by Gasteiger charge is -2.30. The Morgan fingerprint density at radius 2 is 2.44 bits per heavy atom. The van der Waals surface area contributed by atoms with Gasteiger partial charge in [-0.15, -0.1) is 0 Å². The maximum Gasteiger partial charge on any atom is 0.237 e. The Morgan fingerprint density at radius 1 is 1.61 bits per heavy atom. The van der Waals surface area contributed by atoms with Crippen LogP contribution in [0, 0.1) is 0 Å². The first-order valence-electron chi connectivity index (χ1n) is 6.53. The molecule has 2 aliphatic rings. The second kappa shape index (κ2) is 6.47. The van der Waals surface area contributed by atoms with Crippen LogP contribution in [0.25, 0.3) is 0 Å². The number of nitrogens with zero attached hydrogens (tertiary/aromatic N) is 1. The van der Waals surface area contributed by atoms with Gasteiger partial charge in [-0.25, -0.2) is 0 Å². The van der Waals surface area contributed by atoms with Crippen molar-refractivity contribution in [1.29, 1.82) is 0 Å². The van der Waals surface area contributed by atoms with Gasteiger partial charge in [-0.05, 0) is 13.5 Å². The lowest BCUT2D eigenvalue weighted by molar-refractivity contribution is -0.124. The number of nitrogens with one attached hydrogen (secondary N) is 2. The molecular weight excluding hydrogens is 234 g/mol. The molecule has 18 heavy (non-hydrogen) atoms. The minimum Gasteiger partial charge on any atom is -0.380 e. The van der Waals surface area contributed by atoms with Gasteiger partial charge >= 0.3 is 0 Å². The van der Waals surface area contributed by atoms with Crippen LogP contribution in [0.1, 0.15) is 6.42 Å². The van der Waals surface area contributed by atoms with Crippen molar-refractivity contribution >= 4 is 5.91 Å². The summed E-state index contributed by atoms with van der Waals surface area (Å²) in [6.45, 7) is 3.91. The summed E-state index contributed by atoms with van der Waals surface area (Å²) in [7, 11) is 3.75. The molecule has 1 amide bonds. The summed E-state index contributed by atoms with van der Waals surface area (Å²) in [6.07, 6.45) is 0.999. The van der Waals surface area contributed by atoms with Gasteiger partial charge in [-0.2, -0.15) is 0 Å². The predicted molar refractivity (Wildman–Crippen MR) is 67.5 cm³/mol. The Bertz CT molecular complexity index is 288. The smallest absolute Gasteiger partial charge is 0.237 e. The maximum atomic E-state index is 11.9. The van der Waals surface area contributed by atoms with E-state index >= 15 is 0 Å². The van der Waals surface area contributed by atoms with E-state index in [9.17, 15) is 4.79 Å². The van der Waals surface area contributed by atoms with E-state index < -0.39 is 0 Å². The summed E-state index contributed by atoms with van der Waals surface area (Å²) in [4.78, 5) is 14.2. The van der Waals surface area contributed by atoms with Crippen molar-refractivity contribution in [3.8, 4) is 0 Å². The largest absolute Gasteiger partial charge is 0.380 e. The molecule has 2 heterocycles. The van der Waals surface area contributed by atoms with Crippen molar-refractivity contribution in [3.05, 3.63) is 0 Å². The molecule has 3 atom stereocenters. The van der Waals surface area contributed by atoms with Gasteiger partial charge in [-0.3, -0.25) is 4.79 Å². The highest BCUT2D eigenvalue weighted by atomic mass is 16.5. The number of likely N-dealkylation sites (N-methyl/N-ethyl adjacent to an activating group) is 1. The standard InChI is InChI=1S/C12H23N3O3/c1-15-3-4-18-10(8-15)7-14-12(16)11-5-9(17-2)6-13-11/h9-11,13H,3-8H2,1-2H3,(H,14,16). The van der Waals surface area contributed by atoms with Crippen LogP contribution in [-0.2, 0) is 14.3 Å². The first kappa shape index (κ1) is 13.7. The van der Waals surface area contributed by atoms with Crippen LogP contribution < -0.4 is 10.6 Å². The van der Waals surface area contributed by atoms with Crippen molar-refractivity contribution in [3.63, 3.8) is 0 Å². The van der Waals surface area contributed by atoms with Crippen LogP contribution in [0.4, 0.5) is 0 Å². The highest BCUT2D eigenvalue weighted by Crippen LogP contribution is 2.09. The topological polar surface area (TPSA) is 62.8 Å². The van der Waals surface area contributed by atoms with E-state index in [1.54, 1.807) is 7.11 Å². The molecule has 0 aromatic carbocycles. The molecule has 0 saturated carbocycles. The second-order valence-corrected chi connectivity index (χ2v) is 5.05. The third-order valence-electron chi connectivity index (χ3n) is 3.59. The molecule has 6 heteroatoms. The predicted octanol–water partition coefficient (Wildman–Crippen LogP) is -1.19. The van der Waals surface area contributed by atoms with Gasteiger partial charge in [-0.1, -0.05) is 0 Å². The van der Waals surface area contributed by atoms with Gasteiger partial charge in [0.25, 0.3) is 0 Å². The number of carbonyl (C=O) groups is 1. The molecule has 0 bridgehead atoms. The summed E-state index contributed by atoms with van der Waals surface area (Å²) < 4.78 is 10.8. The number of methoxy groups -OCH3 is 1. The van der Waals surface area contributed by atoms with Crippen LogP contribution in [0.5, 0.6) is 0 Å². The minimum atomic E-state index is -0.128. The minimum absolute atomic E-state index is 0.0476. The number of hydrogen-bond acceptors (Lipinski definition) is 5. The number of ether oxygens (including phenoxy) is 2. The van der Waals surface area contributed by atoms with Crippen molar-refractivity contribution in [2.45, 2.75) is 24.7 Å². The molecule has 0 spiro atoms. The van der Waals surface area contributed by atoms with E-state index in [0.717, 1.165) is 32.7 Å². The summed E-state index contributed by atoms with van der Waals surface area (Å²) in [5.41, 5.74) is 0. The number of morpholine rings is 1. The van der Waals surface area contributed by atoms with Crippen LogP contribution in [0.3, 0.4) is 0 Å². The lowest BCUT2D eigenvalue weighted by Crippen LogP contribution is -2.48. The summed E-state index contributed by atoms with van der Waals surface area (Å²) in [5.74, 6) is 0.0476. The Morgan fingerprint density at radius 3 is 3.11 bits per heavy atom. The first-order valence-corrected chi connectivity index (χ1v) is 6.53. The molecule has 2 N–H and O–H groups in total. The molecule has 0 aromatic heterocycles. The molecule has 2 aliphatic heterocycles.